The number of likely N-dealkylation sites (tertiary alicyclic amines) is 1. The zero-order valence-electron chi connectivity index (χ0n) is 14.1. The largest absolute Gasteiger partial charge is 0.375 e. The number of nitrogens with zero attached hydrogens (tertiary/aromatic N) is 2. The zero-order valence-corrected chi connectivity index (χ0v) is 14.1. The van der Waals surface area contributed by atoms with Crippen LogP contribution in [-0.2, 0) is 0 Å². The van der Waals surface area contributed by atoms with Gasteiger partial charge in [0.05, 0.1) is 0 Å². The first-order valence-electron chi connectivity index (χ1n) is 8.39. The van der Waals surface area contributed by atoms with Crippen molar-refractivity contribution in [3.05, 3.63) is 29.8 Å². The number of piperidine rings is 1. The van der Waals surface area contributed by atoms with Gasteiger partial charge in [0, 0.05) is 44.0 Å². The molecule has 0 bridgehead atoms. The van der Waals surface area contributed by atoms with Crippen LogP contribution in [0.3, 0.4) is 0 Å². The maximum absolute atomic E-state index is 12.6. The van der Waals surface area contributed by atoms with E-state index in [0.29, 0.717) is 5.92 Å². The Balaban J connectivity index is 2.03. The van der Waals surface area contributed by atoms with Gasteiger partial charge in [0.25, 0.3) is 5.91 Å². The molecule has 2 rings (SSSR count). The Morgan fingerprint density at radius 1 is 1.41 bits per heavy atom. The lowest BCUT2D eigenvalue weighted by Crippen LogP contribution is -2.45. The van der Waals surface area contributed by atoms with Gasteiger partial charge in [0.2, 0.25) is 0 Å². The SMILES string of the molecule is CCCN(C)c1ccc(C(=O)N2CCCC(C(C)N)C2)cc1. The van der Waals surface area contributed by atoms with Crippen LogP contribution < -0.4 is 10.6 Å². The van der Waals surface area contributed by atoms with Crippen LogP contribution in [0.4, 0.5) is 5.69 Å². The number of carbonyl (C=O) groups excluding carboxylic acids is 1. The fourth-order valence-corrected chi connectivity index (χ4v) is 3.13. The highest BCUT2D eigenvalue weighted by Crippen LogP contribution is 2.21. The second kappa shape index (κ2) is 7.63. The Bertz CT molecular complexity index is 484. The predicted octanol–water partition coefficient (Wildman–Crippen LogP) is 2.73. The van der Waals surface area contributed by atoms with E-state index in [-0.39, 0.29) is 11.9 Å². The maximum atomic E-state index is 12.6. The second-order valence-corrected chi connectivity index (χ2v) is 6.48. The van der Waals surface area contributed by atoms with Crippen LogP contribution >= 0.6 is 0 Å². The van der Waals surface area contributed by atoms with Crippen LogP contribution in [0.15, 0.2) is 24.3 Å². The van der Waals surface area contributed by atoms with Crippen LogP contribution in [0.25, 0.3) is 0 Å². The fourth-order valence-electron chi connectivity index (χ4n) is 3.13. The molecular formula is C18H29N3O. The first-order chi connectivity index (χ1) is 10.5. The molecule has 0 aliphatic carbocycles. The van der Waals surface area contributed by atoms with Crippen molar-refractivity contribution in [2.24, 2.45) is 11.7 Å². The summed E-state index contributed by atoms with van der Waals surface area (Å²) in [6.07, 6.45) is 3.29. The molecule has 1 amide bonds. The average molecular weight is 303 g/mol. The Hall–Kier alpha value is -1.55. The van der Waals surface area contributed by atoms with Crippen molar-refractivity contribution in [3.8, 4) is 0 Å². The summed E-state index contributed by atoms with van der Waals surface area (Å²) in [6.45, 7) is 6.86. The molecule has 0 aromatic heterocycles. The summed E-state index contributed by atoms with van der Waals surface area (Å²) in [6, 6.07) is 8.12. The standard InChI is InChI=1S/C18H29N3O/c1-4-11-20(3)17-9-7-15(8-10-17)18(22)21-12-5-6-16(13-21)14(2)19/h7-10,14,16H,4-6,11-13,19H2,1-3H3. The van der Waals surface area contributed by atoms with Crippen molar-refractivity contribution in [2.75, 3.05) is 31.6 Å². The molecular weight excluding hydrogens is 274 g/mol. The lowest BCUT2D eigenvalue weighted by Gasteiger charge is -2.34. The van der Waals surface area contributed by atoms with Gasteiger partial charge >= 0.3 is 0 Å². The minimum absolute atomic E-state index is 0.134. The fraction of sp³-hybridized carbons (Fsp3) is 0.611. The molecule has 1 aromatic rings. The van der Waals surface area contributed by atoms with Crippen LogP contribution in [0, 0.1) is 5.92 Å². The third-order valence-corrected chi connectivity index (χ3v) is 4.60. The van der Waals surface area contributed by atoms with E-state index in [0.717, 1.165) is 50.1 Å². The van der Waals surface area contributed by atoms with E-state index in [4.69, 9.17) is 5.73 Å². The van der Waals surface area contributed by atoms with Gasteiger partial charge in [0.15, 0.2) is 0 Å². The van der Waals surface area contributed by atoms with Gasteiger partial charge in [-0.15, -0.1) is 0 Å². The van der Waals surface area contributed by atoms with Gasteiger partial charge in [-0.2, -0.15) is 0 Å². The molecule has 22 heavy (non-hydrogen) atoms. The topological polar surface area (TPSA) is 49.6 Å². The number of benzene rings is 1. The number of rotatable bonds is 5. The highest BCUT2D eigenvalue weighted by molar-refractivity contribution is 5.94. The van der Waals surface area contributed by atoms with E-state index in [2.05, 4.69) is 18.9 Å². The molecule has 4 heteroatoms. The summed E-state index contributed by atoms with van der Waals surface area (Å²) in [4.78, 5) is 16.8. The molecule has 1 fully saturated rings. The summed E-state index contributed by atoms with van der Waals surface area (Å²) in [7, 11) is 2.08. The monoisotopic (exact) mass is 303 g/mol. The number of nitrogens with two attached hydrogens (primary N) is 1. The van der Waals surface area contributed by atoms with Crippen LogP contribution in [0.1, 0.15) is 43.5 Å². The number of hydrogen-bond donors (Lipinski definition) is 1. The van der Waals surface area contributed by atoms with E-state index >= 15 is 0 Å². The predicted molar refractivity (Wildman–Crippen MR) is 92.3 cm³/mol. The molecule has 2 atom stereocenters. The third kappa shape index (κ3) is 4.01. The summed E-state index contributed by atoms with van der Waals surface area (Å²) in [5.74, 6) is 0.558. The second-order valence-electron chi connectivity index (χ2n) is 6.48. The maximum Gasteiger partial charge on any atom is 0.253 e. The van der Waals surface area contributed by atoms with Crippen LogP contribution in [-0.4, -0.2) is 43.5 Å². The molecule has 122 valence electrons. The van der Waals surface area contributed by atoms with Crippen molar-refractivity contribution in [2.45, 2.75) is 39.2 Å². The molecule has 0 radical (unpaired) electrons. The molecule has 1 aliphatic heterocycles. The van der Waals surface area contributed by atoms with Crippen molar-refractivity contribution in [1.29, 1.82) is 0 Å². The smallest absolute Gasteiger partial charge is 0.253 e. The highest BCUT2D eigenvalue weighted by atomic mass is 16.2. The Labute approximate surface area is 134 Å². The van der Waals surface area contributed by atoms with E-state index in [1.807, 2.05) is 36.1 Å². The van der Waals surface area contributed by atoms with Gasteiger partial charge in [-0.3, -0.25) is 4.79 Å². The Kier molecular flexibility index (Phi) is 5.83. The molecule has 4 nitrogen and oxygen atoms in total. The minimum atomic E-state index is 0.134. The highest BCUT2D eigenvalue weighted by Gasteiger charge is 2.26. The van der Waals surface area contributed by atoms with Gasteiger partial charge in [-0.1, -0.05) is 6.92 Å². The molecule has 0 spiro atoms. The summed E-state index contributed by atoms with van der Waals surface area (Å²) < 4.78 is 0. The summed E-state index contributed by atoms with van der Waals surface area (Å²) in [5, 5.41) is 0. The van der Waals surface area contributed by atoms with E-state index in [1.165, 1.54) is 0 Å². The van der Waals surface area contributed by atoms with E-state index < -0.39 is 0 Å². The lowest BCUT2D eigenvalue weighted by atomic mass is 9.92. The van der Waals surface area contributed by atoms with Crippen molar-refractivity contribution < 1.29 is 4.79 Å². The molecule has 1 saturated heterocycles. The number of anilines is 1. The van der Waals surface area contributed by atoms with E-state index in [9.17, 15) is 4.79 Å². The van der Waals surface area contributed by atoms with Crippen LogP contribution in [0.2, 0.25) is 0 Å². The minimum Gasteiger partial charge on any atom is -0.375 e. The number of amides is 1. The molecule has 2 unspecified atom stereocenters. The quantitative estimate of drug-likeness (QED) is 0.910. The van der Waals surface area contributed by atoms with Crippen molar-refractivity contribution in [1.82, 2.24) is 4.90 Å². The number of hydrogen-bond acceptors (Lipinski definition) is 3. The summed E-state index contributed by atoms with van der Waals surface area (Å²) >= 11 is 0. The first-order valence-corrected chi connectivity index (χ1v) is 8.39. The third-order valence-electron chi connectivity index (χ3n) is 4.60. The lowest BCUT2D eigenvalue weighted by molar-refractivity contribution is 0.0661. The normalized spacial score (nSPS) is 19.8. The molecule has 1 heterocycles. The van der Waals surface area contributed by atoms with Gasteiger partial charge < -0.3 is 15.5 Å². The van der Waals surface area contributed by atoms with Crippen molar-refractivity contribution >= 4 is 11.6 Å². The van der Waals surface area contributed by atoms with Gasteiger partial charge in [-0.05, 0) is 56.4 Å². The number of carbonyl (C=O) groups is 1. The zero-order chi connectivity index (χ0) is 16.1. The first kappa shape index (κ1) is 16.8. The van der Waals surface area contributed by atoms with E-state index in [1.54, 1.807) is 0 Å². The summed E-state index contributed by atoms with van der Waals surface area (Å²) in [5.41, 5.74) is 7.94. The molecule has 1 aliphatic rings. The van der Waals surface area contributed by atoms with Gasteiger partial charge in [-0.25, -0.2) is 0 Å². The van der Waals surface area contributed by atoms with Crippen molar-refractivity contribution in [3.63, 3.8) is 0 Å². The molecule has 2 N–H and O–H groups in total. The molecule has 1 aromatic carbocycles. The molecule has 0 saturated carbocycles. The Morgan fingerprint density at radius 2 is 2.09 bits per heavy atom. The van der Waals surface area contributed by atoms with Crippen LogP contribution in [0.5, 0.6) is 0 Å². The Morgan fingerprint density at radius 3 is 2.68 bits per heavy atom. The van der Waals surface area contributed by atoms with Gasteiger partial charge in [0.1, 0.15) is 0 Å². The average Bonchev–Trinajstić information content (AvgIpc) is 2.54.